The van der Waals surface area contributed by atoms with Gasteiger partial charge in [0.1, 0.15) is 19.7 Å². The van der Waals surface area contributed by atoms with Gasteiger partial charge in [-0.05, 0) is 53.3 Å². The number of carbonyl (C=O) groups excluding carboxylic acids is 2. The highest BCUT2D eigenvalue weighted by Gasteiger charge is 2.42. The zero-order chi connectivity index (χ0) is 27.3. The third-order valence-corrected chi connectivity index (χ3v) is 9.64. The number of nitrogens with zero attached hydrogens (tertiary/aromatic N) is 3. The SMILES string of the molecule is C=CCOC(=O)N=c1sc([N+]2(C(=O)CCS(=O)(=O)c3ccc4cc(Cl)ccc4c3)CCNCC2)cn1CC. The average Bonchev–Trinajstić information content (AvgIpc) is 3.33. The summed E-state index contributed by atoms with van der Waals surface area (Å²) in [6.07, 6.45) is 2.42. The summed E-state index contributed by atoms with van der Waals surface area (Å²) < 4.78 is 33.2. The van der Waals surface area contributed by atoms with Crippen molar-refractivity contribution in [3.8, 4) is 0 Å². The smallest absolute Gasteiger partial charge is 0.436 e. The van der Waals surface area contributed by atoms with E-state index >= 15 is 0 Å². The first-order chi connectivity index (χ1) is 18.2. The van der Waals surface area contributed by atoms with Gasteiger partial charge in [-0.25, -0.2) is 22.5 Å². The van der Waals surface area contributed by atoms with Crippen LogP contribution in [-0.4, -0.2) is 63.5 Å². The van der Waals surface area contributed by atoms with Gasteiger partial charge in [-0.2, -0.15) is 0 Å². The second-order valence-electron chi connectivity index (χ2n) is 8.90. The third kappa shape index (κ3) is 6.08. The van der Waals surface area contributed by atoms with Crippen LogP contribution in [0, 0.1) is 0 Å². The Morgan fingerprint density at radius 1 is 1.21 bits per heavy atom. The molecule has 1 fully saturated rings. The van der Waals surface area contributed by atoms with Crippen LogP contribution in [0.25, 0.3) is 10.8 Å². The number of carbonyl (C=O) groups is 2. The van der Waals surface area contributed by atoms with E-state index in [9.17, 15) is 18.0 Å². The molecule has 1 saturated heterocycles. The molecule has 3 aromatic rings. The van der Waals surface area contributed by atoms with Gasteiger partial charge in [-0.15, -0.1) is 4.99 Å². The summed E-state index contributed by atoms with van der Waals surface area (Å²) in [7, 11) is -3.71. The molecule has 2 amide bonds. The van der Waals surface area contributed by atoms with Crippen molar-refractivity contribution in [3.05, 3.63) is 65.1 Å². The molecule has 0 atom stereocenters. The van der Waals surface area contributed by atoms with Crippen LogP contribution in [0.5, 0.6) is 0 Å². The Kier molecular flexibility index (Phi) is 8.84. The van der Waals surface area contributed by atoms with Gasteiger partial charge in [0.2, 0.25) is 9.80 Å². The molecule has 9 nitrogen and oxygen atoms in total. The van der Waals surface area contributed by atoms with Crippen molar-refractivity contribution in [3.63, 3.8) is 0 Å². The Labute approximate surface area is 230 Å². The van der Waals surface area contributed by atoms with Crippen LogP contribution in [-0.2, 0) is 25.9 Å². The van der Waals surface area contributed by atoms with Gasteiger partial charge in [0, 0.05) is 24.7 Å². The zero-order valence-corrected chi connectivity index (χ0v) is 23.4. The Bertz CT molecular complexity index is 1540. The lowest BCUT2D eigenvalue weighted by molar-refractivity contribution is -0.130. The standard InChI is InChI=1S/C26H30ClN4O5S2/c1-3-14-36-26(33)29-25-30(4-2)18-24(37-25)31(12-10-28-11-13-31)23(32)9-15-38(34,35)22-8-6-19-16-21(27)7-5-20(19)17-22/h3,5-8,16-18,28H,1,4,9-15H2,2H3/q+1. The molecule has 0 aliphatic carbocycles. The molecular formula is C26H30ClN4O5S2+. The Balaban J connectivity index is 1.60. The van der Waals surface area contributed by atoms with Crippen LogP contribution >= 0.6 is 22.9 Å². The van der Waals surface area contributed by atoms with Crippen molar-refractivity contribution >= 4 is 60.5 Å². The molecule has 0 radical (unpaired) electrons. The monoisotopic (exact) mass is 577 g/mol. The normalized spacial score (nSPS) is 15.9. The lowest BCUT2D eigenvalue weighted by atomic mass is 10.1. The molecule has 1 aromatic heterocycles. The molecule has 202 valence electrons. The van der Waals surface area contributed by atoms with Crippen molar-refractivity contribution in [2.75, 3.05) is 38.5 Å². The number of hydrogen-bond donors (Lipinski definition) is 1. The molecule has 1 N–H and O–H groups in total. The van der Waals surface area contributed by atoms with Gasteiger partial charge in [0.15, 0.2) is 9.84 Å². The summed E-state index contributed by atoms with van der Waals surface area (Å²) in [5.41, 5.74) is 0. The van der Waals surface area contributed by atoms with Gasteiger partial charge in [-0.1, -0.05) is 36.4 Å². The van der Waals surface area contributed by atoms with E-state index in [0.29, 0.717) is 47.5 Å². The molecule has 0 spiro atoms. The van der Waals surface area contributed by atoms with Gasteiger partial charge >= 0.3 is 12.0 Å². The summed E-state index contributed by atoms with van der Waals surface area (Å²) in [6.45, 7) is 8.18. The fourth-order valence-corrected chi connectivity index (χ4v) is 7.12. The maximum Gasteiger partial charge on any atom is 0.436 e. The van der Waals surface area contributed by atoms with Gasteiger partial charge < -0.3 is 14.6 Å². The number of aryl methyl sites for hydroxylation is 1. The molecule has 2 heterocycles. The van der Waals surface area contributed by atoms with Crippen LogP contribution in [0.4, 0.5) is 9.80 Å². The van der Waals surface area contributed by atoms with Crippen molar-refractivity contribution in [1.82, 2.24) is 14.4 Å². The fraction of sp³-hybridized carbons (Fsp3) is 0.346. The molecule has 0 saturated carbocycles. The van der Waals surface area contributed by atoms with Crippen molar-refractivity contribution < 1.29 is 22.7 Å². The molecule has 12 heteroatoms. The van der Waals surface area contributed by atoms with Crippen LogP contribution in [0.1, 0.15) is 13.3 Å². The minimum absolute atomic E-state index is 0.000626. The van der Waals surface area contributed by atoms with Crippen LogP contribution < -0.4 is 14.6 Å². The molecule has 1 aliphatic heterocycles. The number of nitrogens with one attached hydrogen (secondary N) is 1. The number of sulfone groups is 1. The average molecular weight is 578 g/mol. The van der Waals surface area contributed by atoms with Crippen molar-refractivity contribution in [2.45, 2.75) is 24.8 Å². The number of aromatic nitrogens is 1. The maximum atomic E-state index is 13.8. The number of ether oxygens (including phenoxy) is 1. The number of piperazine rings is 1. The van der Waals surface area contributed by atoms with E-state index in [1.165, 1.54) is 17.4 Å². The predicted molar refractivity (Wildman–Crippen MR) is 150 cm³/mol. The summed E-state index contributed by atoms with van der Waals surface area (Å²) in [5.74, 6) is -0.490. The number of rotatable bonds is 8. The zero-order valence-electron chi connectivity index (χ0n) is 21.1. The first-order valence-corrected chi connectivity index (χ1v) is 15.1. The second-order valence-corrected chi connectivity index (χ2v) is 12.4. The van der Waals surface area contributed by atoms with E-state index in [0.717, 1.165) is 10.8 Å². The van der Waals surface area contributed by atoms with Crippen LogP contribution in [0.3, 0.4) is 0 Å². The third-order valence-electron chi connectivity index (χ3n) is 6.52. The fourth-order valence-electron chi connectivity index (χ4n) is 4.43. The van der Waals surface area contributed by atoms with E-state index in [2.05, 4.69) is 16.9 Å². The minimum Gasteiger partial charge on any atom is -0.444 e. The van der Waals surface area contributed by atoms with Gasteiger partial charge in [0.25, 0.3) is 0 Å². The lowest BCUT2D eigenvalue weighted by Gasteiger charge is -2.37. The quantitative estimate of drug-likeness (QED) is 0.321. The molecular weight excluding hydrogens is 548 g/mol. The number of amides is 2. The predicted octanol–water partition coefficient (Wildman–Crippen LogP) is 3.90. The Morgan fingerprint density at radius 3 is 2.63 bits per heavy atom. The molecule has 2 aromatic carbocycles. The summed E-state index contributed by atoms with van der Waals surface area (Å²) in [4.78, 5) is 30.5. The number of benzene rings is 2. The minimum atomic E-state index is -3.71. The van der Waals surface area contributed by atoms with Crippen molar-refractivity contribution in [2.24, 2.45) is 4.99 Å². The topological polar surface area (TPSA) is 107 Å². The first kappa shape index (κ1) is 28.2. The highest BCUT2D eigenvalue weighted by atomic mass is 35.5. The van der Waals surface area contributed by atoms with E-state index < -0.39 is 15.9 Å². The highest BCUT2D eigenvalue weighted by molar-refractivity contribution is 7.91. The largest absolute Gasteiger partial charge is 0.444 e. The molecule has 0 unspecified atom stereocenters. The molecule has 4 rings (SSSR count). The second kappa shape index (κ2) is 11.9. The number of thiazole rings is 1. The maximum absolute atomic E-state index is 13.8. The lowest BCUT2D eigenvalue weighted by Crippen LogP contribution is -2.63. The number of hydrogen-bond acceptors (Lipinski definition) is 7. The first-order valence-electron chi connectivity index (χ1n) is 12.2. The number of halogens is 1. The van der Waals surface area contributed by atoms with E-state index in [1.54, 1.807) is 41.0 Å². The number of fused-ring (bicyclic) bond motifs is 1. The van der Waals surface area contributed by atoms with E-state index in [1.807, 2.05) is 13.1 Å². The van der Waals surface area contributed by atoms with E-state index in [-0.39, 0.29) is 34.1 Å². The van der Waals surface area contributed by atoms with Gasteiger partial charge in [0.05, 0.1) is 23.3 Å². The van der Waals surface area contributed by atoms with Gasteiger partial charge in [-0.3, -0.25) is 0 Å². The number of quaternary nitrogens is 1. The van der Waals surface area contributed by atoms with Crippen molar-refractivity contribution in [1.29, 1.82) is 0 Å². The summed E-state index contributed by atoms with van der Waals surface area (Å²) >= 11 is 7.29. The van der Waals surface area contributed by atoms with Crippen LogP contribution in [0.15, 0.2) is 65.1 Å². The van der Waals surface area contributed by atoms with E-state index in [4.69, 9.17) is 16.3 Å². The Morgan fingerprint density at radius 2 is 1.92 bits per heavy atom. The molecule has 0 bridgehead atoms. The Hall–Kier alpha value is -2.83. The summed E-state index contributed by atoms with van der Waals surface area (Å²) in [6, 6.07) is 10.2. The molecule has 1 aliphatic rings. The van der Waals surface area contributed by atoms with Crippen LogP contribution in [0.2, 0.25) is 5.02 Å². The highest BCUT2D eigenvalue weighted by Crippen LogP contribution is 2.30. The molecule has 38 heavy (non-hydrogen) atoms. The summed E-state index contributed by atoms with van der Waals surface area (Å²) in [5, 5.41) is 6.17.